The Hall–Kier alpha value is -6.57. The highest BCUT2D eigenvalue weighted by molar-refractivity contribution is 6.21. The number of nitriles is 1. The van der Waals surface area contributed by atoms with Crippen LogP contribution in [0.15, 0.2) is 156 Å². The number of hydrogen-bond donors (Lipinski definition) is 0. The van der Waals surface area contributed by atoms with Gasteiger partial charge in [-0.25, -0.2) is 0 Å². The van der Waals surface area contributed by atoms with E-state index in [4.69, 9.17) is 4.42 Å². The van der Waals surface area contributed by atoms with Gasteiger partial charge in [-0.15, -0.1) is 0 Å². The van der Waals surface area contributed by atoms with Crippen molar-refractivity contribution in [2.24, 2.45) is 0 Å². The first-order chi connectivity index (χ1) is 23.3. The van der Waals surface area contributed by atoms with Gasteiger partial charge in [-0.2, -0.15) is 5.26 Å². The van der Waals surface area contributed by atoms with Crippen molar-refractivity contribution in [2.45, 2.75) is 0 Å². The highest BCUT2D eigenvalue weighted by Gasteiger charge is 2.21. The zero-order chi connectivity index (χ0) is 31.1. The Morgan fingerprint density at radius 3 is 1.79 bits per heavy atom. The molecule has 7 aromatic carbocycles. The van der Waals surface area contributed by atoms with Gasteiger partial charge < -0.3 is 13.6 Å². The van der Waals surface area contributed by atoms with Gasteiger partial charge in [0.2, 0.25) is 0 Å². The van der Waals surface area contributed by atoms with E-state index in [0.717, 1.165) is 77.3 Å². The molecule has 0 saturated carbocycles. The molecule has 3 aromatic heterocycles. The second kappa shape index (κ2) is 9.71. The van der Waals surface area contributed by atoms with Gasteiger partial charge in [0.05, 0.1) is 39.4 Å². The molecule has 218 valence electrons. The molecule has 0 radical (unpaired) electrons. The van der Waals surface area contributed by atoms with Crippen molar-refractivity contribution in [3.05, 3.63) is 157 Å². The summed E-state index contributed by atoms with van der Waals surface area (Å²) in [6.45, 7) is 0. The molecule has 0 unspecified atom stereocenters. The van der Waals surface area contributed by atoms with Crippen molar-refractivity contribution in [3.63, 3.8) is 0 Å². The Kier molecular flexibility index (Phi) is 5.32. The summed E-state index contributed by atoms with van der Waals surface area (Å²) in [6, 6.07) is 55.3. The molecule has 10 aromatic rings. The van der Waals surface area contributed by atoms with Gasteiger partial charge in [0.15, 0.2) is 5.58 Å². The van der Waals surface area contributed by atoms with Gasteiger partial charge in [-0.05, 0) is 60.2 Å². The first-order valence-electron chi connectivity index (χ1n) is 15.8. The fourth-order valence-corrected chi connectivity index (χ4v) is 7.55. The summed E-state index contributed by atoms with van der Waals surface area (Å²) in [4.78, 5) is 0. The van der Waals surface area contributed by atoms with Crippen LogP contribution >= 0.6 is 0 Å². The largest absolute Gasteiger partial charge is 0.454 e. The number of para-hydroxylation sites is 5. The summed E-state index contributed by atoms with van der Waals surface area (Å²) in [5.74, 6) is 0. The van der Waals surface area contributed by atoms with Crippen molar-refractivity contribution in [1.82, 2.24) is 9.13 Å². The van der Waals surface area contributed by atoms with Crippen LogP contribution in [-0.2, 0) is 0 Å². The third kappa shape index (κ3) is 3.63. The number of benzene rings is 7. The Morgan fingerprint density at radius 2 is 1.06 bits per heavy atom. The molecule has 0 atom stereocenters. The SMILES string of the molecule is N#Cc1cc(-c2ccccc2-n2c3ccccc3c3ccccc32)cc(-n2c3ccccc3c3ccc4c5ccccc5oc4c32)c1. The molecule has 0 aliphatic carbocycles. The second-order valence-corrected chi connectivity index (χ2v) is 12.1. The van der Waals surface area contributed by atoms with Gasteiger partial charge >= 0.3 is 0 Å². The lowest BCUT2D eigenvalue weighted by atomic mass is 10.00. The zero-order valence-corrected chi connectivity index (χ0v) is 25.2. The van der Waals surface area contributed by atoms with Gasteiger partial charge in [0.25, 0.3) is 0 Å². The van der Waals surface area contributed by atoms with E-state index in [0.29, 0.717) is 5.56 Å². The molecular weight excluding hydrogens is 574 g/mol. The number of fused-ring (bicyclic) bond motifs is 10. The van der Waals surface area contributed by atoms with E-state index in [1.54, 1.807) is 0 Å². The van der Waals surface area contributed by atoms with Crippen LogP contribution in [0.5, 0.6) is 0 Å². The molecule has 0 N–H and O–H groups in total. The fraction of sp³-hybridized carbons (Fsp3) is 0. The predicted octanol–water partition coefficient (Wildman–Crippen LogP) is 11.3. The number of furan rings is 1. The third-order valence-corrected chi connectivity index (χ3v) is 9.52. The minimum absolute atomic E-state index is 0.595. The van der Waals surface area contributed by atoms with Crippen LogP contribution in [-0.4, -0.2) is 9.13 Å². The van der Waals surface area contributed by atoms with Crippen LogP contribution < -0.4 is 0 Å². The second-order valence-electron chi connectivity index (χ2n) is 12.1. The molecule has 0 aliphatic rings. The quantitative estimate of drug-likeness (QED) is 0.203. The topological polar surface area (TPSA) is 46.8 Å². The zero-order valence-electron chi connectivity index (χ0n) is 25.2. The number of aromatic nitrogens is 2. The lowest BCUT2D eigenvalue weighted by Gasteiger charge is -2.16. The minimum Gasteiger partial charge on any atom is -0.454 e. The van der Waals surface area contributed by atoms with Crippen molar-refractivity contribution < 1.29 is 4.42 Å². The molecule has 47 heavy (non-hydrogen) atoms. The normalized spacial score (nSPS) is 11.8. The van der Waals surface area contributed by atoms with Crippen LogP contribution in [0, 0.1) is 11.3 Å². The molecule has 3 heterocycles. The monoisotopic (exact) mass is 599 g/mol. The van der Waals surface area contributed by atoms with Crippen LogP contribution in [0.3, 0.4) is 0 Å². The van der Waals surface area contributed by atoms with E-state index in [1.807, 2.05) is 30.3 Å². The summed E-state index contributed by atoms with van der Waals surface area (Å²) in [7, 11) is 0. The minimum atomic E-state index is 0.595. The van der Waals surface area contributed by atoms with Crippen molar-refractivity contribution in [2.75, 3.05) is 0 Å². The summed E-state index contributed by atoms with van der Waals surface area (Å²) < 4.78 is 11.2. The van der Waals surface area contributed by atoms with Crippen LogP contribution in [0.2, 0.25) is 0 Å². The van der Waals surface area contributed by atoms with E-state index in [2.05, 4.69) is 137 Å². The number of rotatable bonds is 3. The van der Waals surface area contributed by atoms with Crippen molar-refractivity contribution in [3.8, 4) is 28.6 Å². The molecule has 0 saturated heterocycles. The molecule has 0 amide bonds. The summed E-state index contributed by atoms with van der Waals surface area (Å²) in [5, 5.41) is 17.2. The average molecular weight is 600 g/mol. The smallest absolute Gasteiger partial charge is 0.160 e. The third-order valence-electron chi connectivity index (χ3n) is 9.52. The molecule has 0 aliphatic heterocycles. The average Bonchev–Trinajstić information content (AvgIpc) is 3.79. The van der Waals surface area contributed by atoms with Crippen LogP contribution in [0.4, 0.5) is 0 Å². The lowest BCUT2D eigenvalue weighted by molar-refractivity contribution is 0.671. The Morgan fingerprint density at radius 1 is 0.489 bits per heavy atom. The summed E-state index contributed by atoms with van der Waals surface area (Å²) in [6.07, 6.45) is 0. The van der Waals surface area contributed by atoms with Gasteiger partial charge in [-0.1, -0.05) is 97.1 Å². The van der Waals surface area contributed by atoms with E-state index >= 15 is 0 Å². The van der Waals surface area contributed by atoms with E-state index < -0.39 is 0 Å². The Bertz CT molecular complexity index is 2880. The molecule has 10 rings (SSSR count). The van der Waals surface area contributed by atoms with Gasteiger partial charge in [0, 0.05) is 43.6 Å². The van der Waals surface area contributed by atoms with Crippen LogP contribution in [0.25, 0.3) is 88.1 Å². The fourth-order valence-electron chi connectivity index (χ4n) is 7.55. The maximum Gasteiger partial charge on any atom is 0.160 e. The van der Waals surface area contributed by atoms with E-state index in [9.17, 15) is 5.26 Å². The highest BCUT2D eigenvalue weighted by atomic mass is 16.3. The molecule has 4 heteroatoms. The van der Waals surface area contributed by atoms with E-state index in [1.165, 1.54) is 10.8 Å². The van der Waals surface area contributed by atoms with Crippen LogP contribution in [0.1, 0.15) is 5.56 Å². The highest BCUT2D eigenvalue weighted by Crippen LogP contribution is 2.42. The summed E-state index contributed by atoms with van der Waals surface area (Å²) >= 11 is 0. The maximum absolute atomic E-state index is 10.4. The van der Waals surface area contributed by atoms with Gasteiger partial charge in [0.1, 0.15) is 5.58 Å². The van der Waals surface area contributed by atoms with E-state index in [-0.39, 0.29) is 0 Å². The molecule has 4 nitrogen and oxygen atoms in total. The molecule has 0 bridgehead atoms. The first-order valence-corrected chi connectivity index (χ1v) is 15.8. The van der Waals surface area contributed by atoms with Crippen molar-refractivity contribution in [1.29, 1.82) is 5.26 Å². The van der Waals surface area contributed by atoms with Crippen molar-refractivity contribution >= 4 is 65.6 Å². The number of nitrogens with zero attached hydrogens (tertiary/aromatic N) is 3. The predicted molar refractivity (Wildman–Crippen MR) is 193 cm³/mol. The number of hydrogen-bond acceptors (Lipinski definition) is 2. The molecule has 0 fully saturated rings. The molecule has 0 spiro atoms. The van der Waals surface area contributed by atoms with Gasteiger partial charge in [-0.3, -0.25) is 0 Å². The lowest BCUT2D eigenvalue weighted by Crippen LogP contribution is -1.99. The maximum atomic E-state index is 10.4. The Labute approximate surface area is 269 Å². The Balaban J connectivity index is 1.29. The standard InChI is InChI=1S/C43H25N3O/c44-26-27-23-28(30-11-1-6-16-37(30)46-39-18-8-2-12-31(39)32-13-3-9-19-40(32)46)25-29(24-27)45-38-17-7-4-14-33(38)35-21-22-36-34-15-5-10-20-41(34)47-43(36)42(35)45/h1-25H. The molecular formula is C43H25N3O. The summed E-state index contributed by atoms with van der Waals surface area (Å²) in [5.41, 5.74) is 10.6. The first kappa shape index (κ1) is 25.7.